The highest BCUT2D eigenvalue weighted by Gasteiger charge is 2.02. The Bertz CT molecular complexity index is 659. The Labute approximate surface area is 129 Å². The number of hydrogen-bond acceptors (Lipinski definition) is 2. The molecule has 0 unspecified atom stereocenters. The monoisotopic (exact) mass is 302 g/mol. The number of hydrogen-bond donors (Lipinski definition) is 2. The third kappa shape index (κ3) is 4.77. The minimum absolute atomic E-state index is 0.268. The van der Waals surface area contributed by atoms with Gasteiger partial charge in [-0.05, 0) is 49.2 Å². The average Bonchev–Trinajstić information content (AvgIpc) is 2.48. The van der Waals surface area contributed by atoms with E-state index in [0.29, 0.717) is 12.3 Å². The Morgan fingerprint density at radius 2 is 1.95 bits per heavy atom. The van der Waals surface area contributed by atoms with Gasteiger partial charge in [0.25, 0.3) is 0 Å². The molecule has 0 aliphatic rings. The predicted molar refractivity (Wildman–Crippen MR) is 84.8 cm³/mol. The zero-order chi connectivity index (χ0) is 15.9. The quantitative estimate of drug-likeness (QED) is 0.828. The van der Waals surface area contributed by atoms with Gasteiger partial charge in [-0.2, -0.15) is 0 Å². The maximum absolute atomic E-state index is 12.9. The molecule has 0 heterocycles. The maximum atomic E-state index is 12.9. The summed E-state index contributed by atoms with van der Waals surface area (Å²) in [5, 5.41) is 5.43. The van der Waals surface area contributed by atoms with E-state index >= 15 is 0 Å². The van der Waals surface area contributed by atoms with Crippen LogP contribution in [0.4, 0.5) is 14.9 Å². The first-order valence-electron chi connectivity index (χ1n) is 7.05. The van der Waals surface area contributed by atoms with Crippen molar-refractivity contribution in [3.8, 4) is 5.75 Å². The molecule has 0 saturated heterocycles. The summed E-state index contributed by atoms with van der Waals surface area (Å²) in [6, 6.07) is 11.3. The van der Waals surface area contributed by atoms with Gasteiger partial charge in [0.15, 0.2) is 0 Å². The molecule has 0 bridgehead atoms. The summed E-state index contributed by atoms with van der Waals surface area (Å²) in [4.78, 5) is 11.7. The summed E-state index contributed by atoms with van der Waals surface area (Å²) in [7, 11) is 0. The minimum Gasteiger partial charge on any atom is -0.492 e. The SMILES string of the molecule is Cc1ccc(NC(=O)NCCOc2cccc(F)c2)cc1C. The molecule has 116 valence electrons. The third-order valence-electron chi connectivity index (χ3n) is 3.22. The smallest absolute Gasteiger partial charge is 0.319 e. The lowest BCUT2D eigenvalue weighted by Crippen LogP contribution is -2.32. The van der Waals surface area contributed by atoms with E-state index in [-0.39, 0.29) is 18.5 Å². The highest BCUT2D eigenvalue weighted by Crippen LogP contribution is 2.14. The largest absolute Gasteiger partial charge is 0.492 e. The van der Waals surface area contributed by atoms with Gasteiger partial charge in [0.2, 0.25) is 0 Å². The number of rotatable bonds is 5. The van der Waals surface area contributed by atoms with Crippen LogP contribution in [0.25, 0.3) is 0 Å². The second kappa shape index (κ2) is 7.45. The second-order valence-corrected chi connectivity index (χ2v) is 4.99. The first-order valence-corrected chi connectivity index (χ1v) is 7.05. The van der Waals surface area contributed by atoms with Crippen molar-refractivity contribution in [1.29, 1.82) is 0 Å². The zero-order valence-electron chi connectivity index (χ0n) is 12.7. The lowest BCUT2D eigenvalue weighted by atomic mass is 10.1. The van der Waals surface area contributed by atoms with E-state index in [0.717, 1.165) is 11.3 Å². The number of ether oxygens (including phenoxy) is 1. The van der Waals surface area contributed by atoms with Gasteiger partial charge < -0.3 is 15.4 Å². The average molecular weight is 302 g/mol. The molecule has 22 heavy (non-hydrogen) atoms. The Balaban J connectivity index is 1.72. The molecule has 4 nitrogen and oxygen atoms in total. The van der Waals surface area contributed by atoms with Crippen LogP contribution in [-0.4, -0.2) is 19.2 Å². The second-order valence-electron chi connectivity index (χ2n) is 4.99. The number of urea groups is 1. The molecule has 0 saturated carbocycles. The van der Waals surface area contributed by atoms with E-state index in [4.69, 9.17) is 4.74 Å². The predicted octanol–water partition coefficient (Wildman–Crippen LogP) is 3.64. The van der Waals surface area contributed by atoms with E-state index in [1.807, 2.05) is 32.0 Å². The lowest BCUT2D eigenvalue weighted by molar-refractivity contribution is 0.247. The summed E-state index contributed by atoms with van der Waals surface area (Å²) in [6.45, 7) is 4.60. The van der Waals surface area contributed by atoms with Crippen molar-refractivity contribution in [3.05, 3.63) is 59.4 Å². The molecule has 0 spiro atoms. The molecule has 0 aromatic heterocycles. The molecule has 5 heteroatoms. The number of carbonyl (C=O) groups excluding carboxylic acids is 1. The van der Waals surface area contributed by atoms with E-state index in [1.165, 1.54) is 17.7 Å². The lowest BCUT2D eigenvalue weighted by Gasteiger charge is -2.10. The van der Waals surface area contributed by atoms with E-state index in [9.17, 15) is 9.18 Å². The highest BCUT2D eigenvalue weighted by atomic mass is 19.1. The van der Waals surface area contributed by atoms with Crippen LogP contribution >= 0.6 is 0 Å². The van der Waals surface area contributed by atoms with Gasteiger partial charge in [-0.3, -0.25) is 0 Å². The Morgan fingerprint density at radius 3 is 2.68 bits per heavy atom. The van der Waals surface area contributed by atoms with E-state index < -0.39 is 0 Å². The fourth-order valence-electron chi connectivity index (χ4n) is 1.88. The fraction of sp³-hybridized carbons (Fsp3) is 0.235. The number of amides is 2. The van der Waals surface area contributed by atoms with Crippen LogP contribution in [0.5, 0.6) is 5.75 Å². The molecule has 2 rings (SSSR count). The van der Waals surface area contributed by atoms with Crippen LogP contribution < -0.4 is 15.4 Å². The number of benzene rings is 2. The molecular formula is C17H19FN2O2. The van der Waals surface area contributed by atoms with Gasteiger partial charge in [0.05, 0.1) is 6.54 Å². The fourth-order valence-corrected chi connectivity index (χ4v) is 1.88. The van der Waals surface area contributed by atoms with Crippen molar-refractivity contribution in [2.24, 2.45) is 0 Å². The van der Waals surface area contributed by atoms with Gasteiger partial charge in [-0.25, -0.2) is 9.18 Å². The molecule has 0 aliphatic heterocycles. The molecule has 2 amide bonds. The van der Waals surface area contributed by atoms with Gasteiger partial charge in [0.1, 0.15) is 18.2 Å². The van der Waals surface area contributed by atoms with Crippen LogP contribution in [0.3, 0.4) is 0 Å². The Kier molecular flexibility index (Phi) is 5.36. The van der Waals surface area contributed by atoms with Crippen LogP contribution in [0.2, 0.25) is 0 Å². The molecule has 0 atom stereocenters. The summed E-state index contributed by atoms with van der Waals surface area (Å²) in [5.74, 6) is 0.0920. The van der Waals surface area contributed by atoms with Crippen LogP contribution in [0.1, 0.15) is 11.1 Å². The number of halogens is 1. The summed E-state index contributed by atoms with van der Waals surface area (Å²) >= 11 is 0. The van der Waals surface area contributed by atoms with Gasteiger partial charge >= 0.3 is 6.03 Å². The van der Waals surface area contributed by atoms with Gasteiger partial charge in [-0.15, -0.1) is 0 Å². The molecule has 0 radical (unpaired) electrons. The third-order valence-corrected chi connectivity index (χ3v) is 3.22. The van der Waals surface area contributed by atoms with Crippen molar-refractivity contribution in [3.63, 3.8) is 0 Å². The Hall–Kier alpha value is -2.56. The molecule has 0 aliphatic carbocycles. The van der Waals surface area contributed by atoms with Crippen LogP contribution in [0.15, 0.2) is 42.5 Å². The molecule has 2 aromatic carbocycles. The summed E-state index contributed by atoms with van der Waals surface area (Å²) in [6.07, 6.45) is 0. The Morgan fingerprint density at radius 1 is 1.14 bits per heavy atom. The standard InChI is InChI=1S/C17H19FN2O2/c1-12-6-7-15(10-13(12)2)20-17(21)19-8-9-22-16-5-3-4-14(18)11-16/h3-7,10-11H,8-9H2,1-2H3,(H2,19,20,21). The van der Waals surface area contributed by atoms with Crippen molar-refractivity contribution >= 4 is 11.7 Å². The zero-order valence-corrected chi connectivity index (χ0v) is 12.7. The van der Waals surface area contributed by atoms with Crippen LogP contribution in [-0.2, 0) is 0 Å². The number of carbonyl (C=O) groups is 1. The van der Waals surface area contributed by atoms with Gasteiger partial charge in [-0.1, -0.05) is 12.1 Å². The molecule has 2 N–H and O–H groups in total. The van der Waals surface area contributed by atoms with E-state index in [2.05, 4.69) is 10.6 Å². The number of aryl methyl sites for hydroxylation is 2. The first kappa shape index (κ1) is 15.8. The summed E-state index contributed by atoms with van der Waals surface area (Å²) < 4.78 is 18.3. The first-order chi connectivity index (χ1) is 10.5. The van der Waals surface area contributed by atoms with Crippen molar-refractivity contribution in [2.75, 3.05) is 18.5 Å². The number of anilines is 1. The maximum Gasteiger partial charge on any atom is 0.319 e. The highest BCUT2D eigenvalue weighted by molar-refractivity contribution is 5.89. The molecule has 2 aromatic rings. The number of nitrogens with one attached hydrogen (secondary N) is 2. The molecule has 0 fully saturated rings. The minimum atomic E-state index is -0.349. The topological polar surface area (TPSA) is 50.4 Å². The normalized spacial score (nSPS) is 10.1. The van der Waals surface area contributed by atoms with E-state index in [1.54, 1.807) is 12.1 Å². The van der Waals surface area contributed by atoms with Crippen molar-refractivity contribution < 1.29 is 13.9 Å². The van der Waals surface area contributed by atoms with Gasteiger partial charge in [0, 0.05) is 11.8 Å². The van der Waals surface area contributed by atoms with Crippen molar-refractivity contribution in [1.82, 2.24) is 5.32 Å². The van der Waals surface area contributed by atoms with Crippen molar-refractivity contribution in [2.45, 2.75) is 13.8 Å². The van der Waals surface area contributed by atoms with Crippen LogP contribution in [0, 0.1) is 19.7 Å². The summed E-state index contributed by atoms with van der Waals surface area (Å²) in [5.41, 5.74) is 3.04. The molecular weight excluding hydrogens is 283 g/mol.